The number of rotatable bonds is 2. The lowest BCUT2D eigenvalue weighted by Gasteiger charge is -2.25. The van der Waals surface area contributed by atoms with Gasteiger partial charge in [-0.1, -0.05) is 12.8 Å². The van der Waals surface area contributed by atoms with E-state index in [0.29, 0.717) is 12.0 Å². The number of aromatic nitrogens is 3. The predicted octanol–water partition coefficient (Wildman–Crippen LogP) is 2.17. The Morgan fingerprint density at radius 1 is 1.06 bits per heavy atom. The van der Waals surface area contributed by atoms with Crippen molar-refractivity contribution >= 4 is 0 Å². The second kappa shape index (κ2) is 4.77. The van der Waals surface area contributed by atoms with Gasteiger partial charge in [0.25, 0.3) is 0 Å². The van der Waals surface area contributed by atoms with Gasteiger partial charge < -0.3 is 9.88 Å². The van der Waals surface area contributed by atoms with E-state index in [0.717, 1.165) is 18.9 Å². The van der Waals surface area contributed by atoms with E-state index in [1.807, 2.05) is 0 Å². The predicted molar refractivity (Wildman–Crippen MR) is 67.1 cm³/mol. The number of nitrogens with zero attached hydrogens (tertiary/aromatic N) is 3. The summed E-state index contributed by atoms with van der Waals surface area (Å²) < 4.78 is 2.45. The van der Waals surface area contributed by atoms with Crippen molar-refractivity contribution in [2.45, 2.75) is 57.4 Å². The van der Waals surface area contributed by atoms with Crippen molar-refractivity contribution in [2.75, 3.05) is 13.1 Å². The van der Waals surface area contributed by atoms with Gasteiger partial charge in [-0.15, -0.1) is 10.2 Å². The highest BCUT2D eigenvalue weighted by Crippen LogP contribution is 2.34. The molecule has 4 heteroatoms. The second-order valence-electron chi connectivity index (χ2n) is 5.44. The molecule has 4 nitrogen and oxygen atoms in total. The molecule has 1 aromatic heterocycles. The molecule has 2 aliphatic rings. The zero-order valence-electron chi connectivity index (χ0n) is 10.7. The number of aryl methyl sites for hydroxylation is 1. The number of hydrogen-bond acceptors (Lipinski definition) is 3. The lowest BCUT2D eigenvalue weighted by molar-refractivity contribution is 0.404. The van der Waals surface area contributed by atoms with Crippen LogP contribution in [0.4, 0.5) is 0 Å². The Labute approximate surface area is 103 Å². The third-order valence-corrected chi connectivity index (χ3v) is 4.29. The van der Waals surface area contributed by atoms with Gasteiger partial charge in [-0.3, -0.25) is 0 Å². The van der Waals surface area contributed by atoms with E-state index in [1.165, 1.54) is 44.3 Å². The largest absolute Gasteiger partial charge is 0.317 e. The van der Waals surface area contributed by atoms with Crippen molar-refractivity contribution in [1.29, 1.82) is 0 Å². The molecule has 0 radical (unpaired) electrons. The molecule has 0 bridgehead atoms. The van der Waals surface area contributed by atoms with Crippen LogP contribution in [0.2, 0.25) is 0 Å². The van der Waals surface area contributed by atoms with Gasteiger partial charge in [-0.2, -0.15) is 0 Å². The van der Waals surface area contributed by atoms with Crippen LogP contribution in [0.5, 0.6) is 0 Å². The van der Waals surface area contributed by atoms with E-state index in [4.69, 9.17) is 0 Å². The van der Waals surface area contributed by atoms with Gasteiger partial charge in [0.15, 0.2) is 0 Å². The van der Waals surface area contributed by atoms with E-state index in [9.17, 15) is 0 Å². The number of nitrogens with one attached hydrogen (secondary N) is 1. The first-order chi connectivity index (χ1) is 8.36. The standard InChI is InChI=1S/C13H22N4/c1-10-15-16-13(11-6-8-14-9-7-11)17(10)12-4-2-3-5-12/h11-12,14H,2-9H2,1H3. The molecule has 0 atom stereocenters. The lowest BCUT2D eigenvalue weighted by Crippen LogP contribution is -2.28. The quantitative estimate of drug-likeness (QED) is 0.852. The summed E-state index contributed by atoms with van der Waals surface area (Å²) in [6.07, 6.45) is 7.80. The Kier molecular flexibility index (Phi) is 3.14. The molecule has 1 saturated heterocycles. The fourth-order valence-electron chi connectivity index (χ4n) is 3.36. The Bertz CT molecular complexity index is 373. The molecule has 0 aromatic carbocycles. The van der Waals surface area contributed by atoms with Crippen LogP contribution in [0, 0.1) is 6.92 Å². The van der Waals surface area contributed by atoms with Gasteiger partial charge in [-0.25, -0.2) is 0 Å². The van der Waals surface area contributed by atoms with Crippen molar-refractivity contribution < 1.29 is 0 Å². The zero-order chi connectivity index (χ0) is 11.7. The van der Waals surface area contributed by atoms with E-state index in [1.54, 1.807) is 0 Å². The van der Waals surface area contributed by atoms with Crippen LogP contribution in [0.3, 0.4) is 0 Å². The molecule has 94 valence electrons. The van der Waals surface area contributed by atoms with Gasteiger partial charge in [0, 0.05) is 12.0 Å². The molecule has 1 aromatic rings. The molecule has 1 N–H and O–H groups in total. The van der Waals surface area contributed by atoms with Gasteiger partial charge >= 0.3 is 0 Å². The molecule has 17 heavy (non-hydrogen) atoms. The fourth-order valence-corrected chi connectivity index (χ4v) is 3.36. The summed E-state index contributed by atoms with van der Waals surface area (Å²) in [5.41, 5.74) is 0. The van der Waals surface area contributed by atoms with Gasteiger partial charge in [0.1, 0.15) is 11.6 Å². The summed E-state index contributed by atoms with van der Waals surface area (Å²) in [6.45, 7) is 4.36. The Balaban J connectivity index is 1.87. The summed E-state index contributed by atoms with van der Waals surface area (Å²) in [5.74, 6) is 3.00. The lowest BCUT2D eigenvalue weighted by atomic mass is 9.97. The average molecular weight is 234 g/mol. The second-order valence-corrected chi connectivity index (χ2v) is 5.44. The minimum absolute atomic E-state index is 0.623. The Morgan fingerprint density at radius 2 is 1.76 bits per heavy atom. The van der Waals surface area contributed by atoms with Crippen LogP contribution < -0.4 is 5.32 Å². The summed E-state index contributed by atoms with van der Waals surface area (Å²) in [6, 6.07) is 0.676. The number of piperidine rings is 1. The SMILES string of the molecule is Cc1nnc(C2CCNCC2)n1C1CCCC1. The van der Waals surface area contributed by atoms with Crippen molar-refractivity contribution in [2.24, 2.45) is 0 Å². The summed E-state index contributed by atoms with van der Waals surface area (Å²) in [4.78, 5) is 0. The fraction of sp³-hybridized carbons (Fsp3) is 0.846. The first-order valence-corrected chi connectivity index (χ1v) is 6.98. The monoisotopic (exact) mass is 234 g/mol. The first kappa shape index (κ1) is 11.2. The van der Waals surface area contributed by atoms with Crippen LogP contribution in [0.25, 0.3) is 0 Å². The summed E-state index contributed by atoms with van der Waals surface area (Å²) in [7, 11) is 0. The summed E-state index contributed by atoms with van der Waals surface area (Å²) >= 11 is 0. The highest BCUT2D eigenvalue weighted by atomic mass is 15.3. The van der Waals surface area contributed by atoms with E-state index in [2.05, 4.69) is 27.0 Å². The van der Waals surface area contributed by atoms with E-state index >= 15 is 0 Å². The van der Waals surface area contributed by atoms with Crippen LogP contribution in [0.1, 0.15) is 62.1 Å². The molecular weight excluding hydrogens is 212 g/mol. The molecule has 0 spiro atoms. The van der Waals surface area contributed by atoms with Crippen LogP contribution in [-0.2, 0) is 0 Å². The van der Waals surface area contributed by atoms with E-state index in [-0.39, 0.29) is 0 Å². The Morgan fingerprint density at radius 3 is 2.47 bits per heavy atom. The van der Waals surface area contributed by atoms with Crippen molar-refractivity contribution in [3.8, 4) is 0 Å². The first-order valence-electron chi connectivity index (χ1n) is 6.98. The summed E-state index contributed by atoms with van der Waals surface area (Å²) in [5, 5.41) is 12.2. The van der Waals surface area contributed by atoms with Gasteiger partial charge in [0.2, 0.25) is 0 Å². The molecular formula is C13H22N4. The molecule has 1 aliphatic carbocycles. The van der Waals surface area contributed by atoms with Gasteiger partial charge in [0.05, 0.1) is 0 Å². The maximum absolute atomic E-state index is 4.47. The normalized spacial score (nSPS) is 23.4. The molecule has 0 amide bonds. The topological polar surface area (TPSA) is 42.7 Å². The Hall–Kier alpha value is -0.900. The maximum Gasteiger partial charge on any atom is 0.136 e. The third kappa shape index (κ3) is 2.10. The van der Waals surface area contributed by atoms with Crippen molar-refractivity contribution in [3.63, 3.8) is 0 Å². The van der Waals surface area contributed by atoms with Crippen LogP contribution in [-0.4, -0.2) is 27.9 Å². The van der Waals surface area contributed by atoms with Crippen LogP contribution in [0.15, 0.2) is 0 Å². The molecule has 1 aliphatic heterocycles. The highest BCUT2D eigenvalue weighted by Gasteiger charge is 2.27. The smallest absolute Gasteiger partial charge is 0.136 e. The van der Waals surface area contributed by atoms with Crippen molar-refractivity contribution in [1.82, 2.24) is 20.1 Å². The molecule has 0 unspecified atom stereocenters. The minimum Gasteiger partial charge on any atom is -0.317 e. The van der Waals surface area contributed by atoms with Crippen molar-refractivity contribution in [3.05, 3.63) is 11.6 Å². The molecule has 1 saturated carbocycles. The highest BCUT2D eigenvalue weighted by molar-refractivity contribution is 5.05. The number of hydrogen-bond donors (Lipinski definition) is 1. The maximum atomic E-state index is 4.47. The van der Waals surface area contributed by atoms with Crippen LogP contribution >= 0.6 is 0 Å². The average Bonchev–Trinajstić information content (AvgIpc) is 2.99. The van der Waals surface area contributed by atoms with E-state index < -0.39 is 0 Å². The molecule has 2 heterocycles. The minimum atomic E-state index is 0.623. The van der Waals surface area contributed by atoms with Gasteiger partial charge in [-0.05, 0) is 45.7 Å². The molecule has 3 rings (SSSR count). The zero-order valence-corrected chi connectivity index (χ0v) is 10.7. The molecule has 2 fully saturated rings. The third-order valence-electron chi connectivity index (χ3n) is 4.29.